The van der Waals surface area contributed by atoms with Crippen LogP contribution in [-0.4, -0.2) is 4.98 Å². The maximum absolute atomic E-state index is 10.9. The predicted molar refractivity (Wildman–Crippen MR) is 67.5 cm³/mol. The van der Waals surface area contributed by atoms with Crippen molar-refractivity contribution < 1.29 is 0 Å². The summed E-state index contributed by atoms with van der Waals surface area (Å²) in [5, 5.41) is 4.93. The van der Waals surface area contributed by atoms with E-state index in [4.69, 9.17) is 11.5 Å². The number of hydrogen-bond donors (Lipinski definition) is 4. The summed E-state index contributed by atoms with van der Waals surface area (Å²) in [7, 11) is 0. The zero-order valence-electron chi connectivity index (χ0n) is 8.49. The summed E-state index contributed by atoms with van der Waals surface area (Å²) in [6.07, 6.45) is 0. The topological polar surface area (TPSA) is 96.9 Å². The van der Waals surface area contributed by atoms with Gasteiger partial charge in [-0.25, -0.2) is 0 Å². The van der Waals surface area contributed by atoms with Gasteiger partial charge in [0.25, 0.3) is 0 Å². The summed E-state index contributed by atoms with van der Waals surface area (Å²) >= 11 is 1.15. The molecule has 2 aromatic rings. The van der Waals surface area contributed by atoms with Gasteiger partial charge in [-0.05, 0) is 18.2 Å². The van der Waals surface area contributed by atoms with Crippen LogP contribution < -0.4 is 21.7 Å². The van der Waals surface area contributed by atoms with Gasteiger partial charge in [-0.2, -0.15) is 0 Å². The summed E-state index contributed by atoms with van der Waals surface area (Å²) in [5.74, 6) is 0. The van der Waals surface area contributed by atoms with Gasteiger partial charge in [0, 0.05) is 16.8 Å². The van der Waals surface area contributed by atoms with E-state index in [1.165, 1.54) is 0 Å². The molecule has 0 amide bonds. The fraction of sp³-hybridized carbons (Fsp3) is 0.100. The SMILES string of the molecule is Nc1ccc(NCc2csc(=O)[nH]2)cc1N. The number of H-pyrrole nitrogens is 1. The van der Waals surface area contributed by atoms with E-state index < -0.39 is 0 Å². The van der Waals surface area contributed by atoms with E-state index in [0.29, 0.717) is 17.9 Å². The molecule has 0 aliphatic rings. The third-order valence-electron chi connectivity index (χ3n) is 2.14. The normalized spacial score (nSPS) is 10.2. The Labute approximate surface area is 96.1 Å². The number of aromatic amines is 1. The standard InChI is InChI=1S/C10H12N4OS/c11-8-2-1-6(3-9(8)12)13-4-7-5-16-10(15)14-7/h1-3,5,13H,4,11-12H2,(H,14,15). The van der Waals surface area contributed by atoms with Crippen LogP contribution in [0.2, 0.25) is 0 Å². The highest BCUT2D eigenvalue weighted by atomic mass is 32.1. The number of nitrogens with one attached hydrogen (secondary N) is 2. The second kappa shape index (κ2) is 4.28. The van der Waals surface area contributed by atoms with Crippen LogP contribution in [0.25, 0.3) is 0 Å². The van der Waals surface area contributed by atoms with Crippen molar-refractivity contribution in [3.63, 3.8) is 0 Å². The predicted octanol–water partition coefficient (Wildman–Crippen LogP) is 1.21. The van der Waals surface area contributed by atoms with Gasteiger partial charge < -0.3 is 21.8 Å². The van der Waals surface area contributed by atoms with Crippen molar-refractivity contribution in [3.05, 3.63) is 38.9 Å². The molecule has 1 aromatic heterocycles. The maximum Gasteiger partial charge on any atom is 0.304 e. The Hall–Kier alpha value is -1.95. The number of nitrogens with two attached hydrogens (primary N) is 2. The molecule has 0 radical (unpaired) electrons. The average Bonchev–Trinajstić information content (AvgIpc) is 2.66. The van der Waals surface area contributed by atoms with Gasteiger partial charge in [-0.1, -0.05) is 11.3 Å². The van der Waals surface area contributed by atoms with E-state index in [0.717, 1.165) is 22.7 Å². The fourth-order valence-electron chi connectivity index (χ4n) is 1.28. The van der Waals surface area contributed by atoms with Crippen LogP contribution in [0.4, 0.5) is 17.1 Å². The van der Waals surface area contributed by atoms with Gasteiger partial charge >= 0.3 is 4.87 Å². The first-order chi connectivity index (χ1) is 7.65. The van der Waals surface area contributed by atoms with E-state index in [2.05, 4.69) is 10.3 Å². The summed E-state index contributed by atoms with van der Waals surface area (Å²) < 4.78 is 0. The molecule has 2 rings (SSSR count). The summed E-state index contributed by atoms with van der Waals surface area (Å²) in [6, 6.07) is 5.35. The van der Waals surface area contributed by atoms with Crippen LogP contribution in [0, 0.1) is 0 Å². The molecule has 0 aliphatic carbocycles. The Kier molecular flexibility index (Phi) is 2.82. The van der Waals surface area contributed by atoms with Crippen LogP contribution >= 0.6 is 11.3 Å². The van der Waals surface area contributed by atoms with Gasteiger partial charge in [-0.15, -0.1) is 0 Å². The van der Waals surface area contributed by atoms with E-state index in [9.17, 15) is 4.79 Å². The van der Waals surface area contributed by atoms with Crippen LogP contribution in [0.3, 0.4) is 0 Å². The molecule has 1 aromatic carbocycles. The van der Waals surface area contributed by atoms with E-state index in [-0.39, 0.29) is 4.87 Å². The van der Waals surface area contributed by atoms with Crippen molar-refractivity contribution in [2.75, 3.05) is 16.8 Å². The lowest BCUT2D eigenvalue weighted by molar-refractivity contribution is 1.06. The Bertz CT molecular complexity index is 546. The van der Waals surface area contributed by atoms with Crippen molar-refractivity contribution in [1.82, 2.24) is 4.98 Å². The summed E-state index contributed by atoms with van der Waals surface area (Å²) in [5.41, 5.74) is 14.1. The van der Waals surface area contributed by atoms with Crippen molar-refractivity contribution in [1.29, 1.82) is 0 Å². The molecule has 5 nitrogen and oxygen atoms in total. The second-order valence-electron chi connectivity index (χ2n) is 3.37. The van der Waals surface area contributed by atoms with Crippen LogP contribution in [0.5, 0.6) is 0 Å². The summed E-state index contributed by atoms with van der Waals surface area (Å²) in [6.45, 7) is 0.558. The minimum absolute atomic E-state index is 0.0476. The minimum atomic E-state index is -0.0476. The molecular weight excluding hydrogens is 224 g/mol. The van der Waals surface area contributed by atoms with Crippen molar-refractivity contribution in [3.8, 4) is 0 Å². The zero-order chi connectivity index (χ0) is 11.5. The first-order valence-electron chi connectivity index (χ1n) is 4.71. The third kappa shape index (κ3) is 2.34. The smallest absolute Gasteiger partial charge is 0.304 e. The molecule has 1 heterocycles. The van der Waals surface area contributed by atoms with Crippen LogP contribution in [0.15, 0.2) is 28.4 Å². The molecule has 0 spiro atoms. The van der Waals surface area contributed by atoms with E-state index in [1.807, 2.05) is 6.07 Å². The number of rotatable bonds is 3. The lowest BCUT2D eigenvalue weighted by Crippen LogP contribution is -2.03. The van der Waals surface area contributed by atoms with Gasteiger partial charge in [0.2, 0.25) is 0 Å². The van der Waals surface area contributed by atoms with Crippen molar-refractivity contribution >= 4 is 28.4 Å². The van der Waals surface area contributed by atoms with Gasteiger partial charge in [0.05, 0.1) is 17.9 Å². The molecule has 0 aliphatic heterocycles. The molecule has 6 N–H and O–H groups in total. The number of thiazole rings is 1. The molecule has 6 heteroatoms. The quantitative estimate of drug-likeness (QED) is 0.602. The Balaban J connectivity index is 2.04. The molecular formula is C10H12N4OS. The highest BCUT2D eigenvalue weighted by Gasteiger charge is 1.99. The summed E-state index contributed by atoms with van der Waals surface area (Å²) in [4.78, 5) is 13.6. The lowest BCUT2D eigenvalue weighted by atomic mass is 10.2. The third-order valence-corrected chi connectivity index (χ3v) is 2.86. The number of benzene rings is 1. The number of anilines is 3. The fourth-order valence-corrected chi connectivity index (χ4v) is 1.86. The molecule has 0 saturated carbocycles. The van der Waals surface area contributed by atoms with E-state index >= 15 is 0 Å². The highest BCUT2D eigenvalue weighted by Crippen LogP contribution is 2.19. The van der Waals surface area contributed by atoms with Crippen molar-refractivity contribution in [2.45, 2.75) is 6.54 Å². The zero-order valence-corrected chi connectivity index (χ0v) is 9.30. The number of nitrogen functional groups attached to an aromatic ring is 2. The first kappa shape index (κ1) is 10.6. The molecule has 0 unspecified atom stereocenters. The molecule has 0 atom stereocenters. The van der Waals surface area contributed by atoms with Gasteiger partial charge in [0.15, 0.2) is 0 Å². The maximum atomic E-state index is 10.9. The Morgan fingerprint density at radius 3 is 2.75 bits per heavy atom. The monoisotopic (exact) mass is 236 g/mol. The molecule has 16 heavy (non-hydrogen) atoms. The van der Waals surface area contributed by atoms with Gasteiger partial charge in [0.1, 0.15) is 0 Å². The minimum Gasteiger partial charge on any atom is -0.397 e. The Morgan fingerprint density at radius 1 is 1.31 bits per heavy atom. The number of hydrogen-bond acceptors (Lipinski definition) is 5. The van der Waals surface area contributed by atoms with Crippen molar-refractivity contribution in [2.24, 2.45) is 0 Å². The highest BCUT2D eigenvalue weighted by molar-refractivity contribution is 7.07. The number of aromatic nitrogens is 1. The molecule has 0 bridgehead atoms. The van der Waals surface area contributed by atoms with Crippen LogP contribution in [0.1, 0.15) is 5.69 Å². The molecule has 84 valence electrons. The first-order valence-corrected chi connectivity index (χ1v) is 5.58. The van der Waals surface area contributed by atoms with E-state index in [1.54, 1.807) is 17.5 Å². The largest absolute Gasteiger partial charge is 0.397 e. The second-order valence-corrected chi connectivity index (χ2v) is 4.21. The molecule has 0 fully saturated rings. The van der Waals surface area contributed by atoms with Crippen LogP contribution in [-0.2, 0) is 6.54 Å². The molecule has 0 saturated heterocycles. The van der Waals surface area contributed by atoms with Gasteiger partial charge in [-0.3, -0.25) is 4.79 Å². The lowest BCUT2D eigenvalue weighted by Gasteiger charge is -2.07. The average molecular weight is 236 g/mol. The Morgan fingerprint density at radius 2 is 2.12 bits per heavy atom.